The Morgan fingerprint density at radius 3 is 2.52 bits per heavy atom. The minimum atomic E-state index is -0.212. The van der Waals surface area contributed by atoms with E-state index in [2.05, 4.69) is 15.5 Å². The summed E-state index contributed by atoms with van der Waals surface area (Å²) in [4.78, 5) is 12.4. The summed E-state index contributed by atoms with van der Waals surface area (Å²) < 4.78 is 16.8. The Hall–Kier alpha value is -3.35. The van der Waals surface area contributed by atoms with Gasteiger partial charge in [0.2, 0.25) is 11.8 Å². The van der Waals surface area contributed by atoms with Gasteiger partial charge in [0.1, 0.15) is 0 Å². The van der Waals surface area contributed by atoms with Crippen LogP contribution in [0.15, 0.2) is 40.8 Å². The molecule has 0 aliphatic heterocycles. The number of carbonyl (C=O) groups excluding carboxylic acids is 1. The molecule has 0 saturated carbocycles. The van der Waals surface area contributed by atoms with E-state index in [9.17, 15) is 4.79 Å². The summed E-state index contributed by atoms with van der Waals surface area (Å²) in [5.41, 5.74) is 3.82. The average molecular weight is 395 g/mol. The first-order chi connectivity index (χ1) is 14.0. The molecule has 7 nitrogen and oxygen atoms in total. The van der Waals surface area contributed by atoms with Crippen molar-refractivity contribution in [1.29, 1.82) is 0 Å². The van der Waals surface area contributed by atoms with Crippen LogP contribution in [0.4, 0.5) is 6.01 Å². The molecule has 29 heavy (non-hydrogen) atoms. The summed E-state index contributed by atoms with van der Waals surface area (Å²) in [6, 6.07) is 11.5. The molecule has 0 saturated heterocycles. The van der Waals surface area contributed by atoms with Crippen molar-refractivity contribution in [1.82, 2.24) is 10.2 Å². The highest BCUT2D eigenvalue weighted by molar-refractivity contribution is 5.90. The van der Waals surface area contributed by atoms with E-state index < -0.39 is 0 Å². The number of hydrogen-bond acceptors (Lipinski definition) is 6. The van der Waals surface area contributed by atoms with E-state index in [4.69, 9.17) is 13.9 Å². The van der Waals surface area contributed by atoms with Crippen molar-refractivity contribution >= 4 is 11.9 Å². The fourth-order valence-electron chi connectivity index (χ4n) is 2.90. The fraction of sp³-hybridized carbons (Fsp3) is 0.318. The Morgan fingerprint density at radius 2 is 1.76 bits per heavy atom. The largest absolute Gasteiger partial charge is 0.490 e. The number of anilines is 1. The third-order valence-corrected chi connectivity index (χ3v) is 4.32. The number of nitrogens with zero attached hydrogens (tertiary/aromatic N) is 2. The van der Waals surface area contributed by atoms with Crippen LogP contribution in [0.3, 0.4) is 0 Å². The monoisotopic (exact) mass is 395 g/mol. The zero-order valence-corrected chi connectivity index (χ0v) is 17.1. The lowest BCUT2D eigenvalue weighted by molar-refractivity contribution is -0.115. The van der Waals surface area contributed by atoms with E-state index in [1.165, 1.54) is 0 Å². The molecular formula is C22H25N3O4. The molecule has 0 spiro atoms. The van der Waals surface area contributed by atoms with Crippen LogP contribution in [-0.2, 0) is 11.2 Å². The highest BCUT2D eigenvalue weighted by Gasteiger charge is 2.15. The standard InChI is InChI=1S/C22H25N3O4/c1-5-27-18-10-9-16(12-19(18)28-6-2)21-24-25-22(29-21)23-20(26)13-17-11-14(3)7-8-15(17)4/h7-12H,5-6,13H2,1-4H3,(H,23,25,26). The second-order valence-electron chi connectivity index (χ2n) is 6.59. The van der Waals surface area contributed by atoms with Crippen LogP contribution >= 0.6 is 0 Å². The molecule has 1 amide bonds. The number of aryl methyl sites for hydroxylation is 2. The Kier molecular flexibility index (Phi) is 6.49. The molecule has 0 aliphatic rings. The highest BCUT2D eigenvalue weighted by atomic mass is 16.5. The molecule has 7 heteroatoms. The molecule has 0 unspecified atom stereocenters. The lowest BCUT2D eigenvalue weighted by Crippen LogP contribution is -2.15. The summed E-state index contributed by atoms with van der Waals surface area (Å²) in [5, 5.41) is 10.6. The van der Waals surface area contributed by atoms with Gasteiger partial charge in [-0.2, -0.15) is 0 Å². The number of nitrogens with one attached hydrogen (secondary N) is 1. The smallest absolute Gasteiger partial charge is 0.322 e. The number of carbonyl (C=O) groups is 1. The van der Waals surface area contributed by atoms with Crippen LogP contribution in [0.1, 0.15) is 30.5 Å². The van der Waals surface area contributed by atoms with Crippen molar-refractivity contribution in [3.63, 3.8) is 0 Å². The zero-order chi connectivity index (χ0) is 20.8. The van der Waals surface area contributed by atoms with Crippen LogP contribution < -0.4 is 14.8 Å². The maximum Gasteiger partial charge on any atom is 0.322 e. The van der Waals surface area contributed by atoms with Crippen molar-refractivity contribution < 1.29 is 18.7 Å². The van der Waals surface area contributed by atoms with Crippen LogP contribution in [0.25, 0.3) is 11.5 Å². The van der Waals surface area contributed by atoms with Gasteiger partial charge in [-0.25, -0.2) is 0 Å². The van der Waals surface area contributed by atoms with Crippen molar-refractivity contribution in [3.05, 3.63) is 53.1 Å². The van der Waals surface area contributed by atoms with Gasteiger partial charge in [-0.05, 0) is 57.0 Å². The Morgan fingerprint density at radius 1 is 1.00 bits per heavy atom. The molecule has 0 fully saturated rings. The third kappa shape index (κ3) is 5.13. The van der Waals surface area contributed by atoms with Gasteiger partial charge in [-0.1, -0.05) is 28.9 Å². The Bertz CT molecular complexity index is 997. The molecule has 0 atom stereocenters. The van der Waals surface area contributed by atoms with Gasteiger partial charge < -0.3 is 13.9 Å². The van der Waals surface area contributed by atoms with Crippen molar-refractivity contribution in [2.45, 2.75) is 34.1 Å². The molecule has 0 bridgehead atoms. The number of hydrogen-bond donors (Lipinski definition) is 1. The molecular weight excluding hydrogens is 370 g/mol. The number of benzene rings is 2. The van der Waals surface area contributed by atoms with Gasteiger partial charge in [0.15, 0.2) is 11.5 Å². The highest BCUT2D eigenvalue weighted by Crippen LogP contribution is 2.32. The molecule has 1 N–H and O–H groups in total. The lowest BCUT2D eigenvalue weighted by Gasteiger charge is -2.11. The van der Waals surface area contributed by atoms with Crippen molar-refractivity contribution in [2.75, 3.05) is 18.5 Å². The van der Waals surface area contributed by atoms with E-state index in [1.54, 1.807) is 12.1 Å². The fourth-order valence-corrected chi connectivity index (χ4v) is 2.90. The van der Waals surface area contributed by atoms with Crippen LogP contribution in [0.2, 0.25) is 0 Å². The summed E-state index contributed by atoms with van der Waals surface area (Å²) in [6.45, 7) is 8.84. The summed E-state index contributed by atoms with van der Waals surface area (Å²) in [7, 11) is 0. The van der Waals surface area contributed by atoms with E-state index in [1.807, 2.05) is 52.0 Å². The van der Waals surface area contributed by atoms with Gasteiger partial charge in [0.25, 0.3) is 0 Å². The Balaban J connectivity index is 1.72. The van der Waals surface area contributed by atoms with Gasteiger partial charge >= 0.3 is 6.01 Å². The maximum absolute atomic E-state index is 12.4. The number of rotatable bonds is 8. The van der Waals surface area contributed by atoms with Crippen LogP contribution in [0, 0.1) is 13.8 Å². The quantitative estimate of drug-likeness (QED) is 0.611. The molecule has 0 radical (unpaired) electrons. The van der Waals surface area contributed by atoms with E-state index in [-0.39, 0.29) is 24.2 Å². The molecule has 3 rings (SSSR count). The lowest BCUT2D eigenvalue weighted by atomic mass is 10.0. The molecule has 1 aromatic heterocycles. The number of ether oxygens (including phenoxy) is 2. The molecule has 152 valence electrons. The van der Waals surface area contributed by atoms with Gasteiger partial charge in [-0.3, -0.25) is 10.1 Å². The summed E-state index contributed by atoms with van der Waals surface area (Å²) >= 11 is 0. The van der Waals surface area contributed by atoms with Crippen LogP contribution in [-0.4, -0.2) is 29.3 Å². The van der Waals surface area contributed by atoms with Gasteiger partial charge in [0.05, 0.1) is 19.6 Å². The van der Waals surface area contributed by atoms with Crippen LogP contribution in [0.5, 0.6) is 11.5 Å². The minimum absolute atomic E-state index is 0.0575. The third-order valence-electron chi connectivity index (χ3n) is 4.32. The summed E-state index contributed by atoms with van der Waals surface area (Å²) in [6.07, 6.45) is 0.239. The number of amides is 1. The Labute approximate surface area is 170 Å². The van der Waals surface area contributed by atoms with E-state index >= 15 is 0 Å². The average Bonchev–Trinajstić information content (AvgIpc) is 3.15. The zero-order valence-electron chi connectivity index (χ0n) is 17.1. The maximum atomic E-state index is 12.4. The molecule has 3 aromatic rings. The first kappa shape index (κ1) is 20.4. The van der Waals surface area contributed by atoms with Gasteiger partial charge in [0, 0.05) is 5.56 Å². The van der Waals surface area contributed by atoms with Gasteiger partial charge in [-0.15, -0.1) is 5.10 Å². The van der Waals surface area contributed by atoms with E-state index in [0.717, 1.165) is 16.7 Å². The number of aromatic nitrogens is 2. The second kappa shape index (κ2) is 9.23. The second-order valence-corrected chi connectivity index (χ2v) is 6.59. The normalized spacial score (nSPS) is 10.6. The first-order valence-electron chi connectivity index (χ1n) is 9.59. The topological polar surface area (TPSA) is 86.5 Å². The predicted molar refractivity (Wildman–Crippen MR) is 110 cm³/mol. The summed E-state index contributed by atoms with van der Waals surface area (Å²) in [5.74, 6) is 1.33. The molecule has 2 aromatic carbocycles. The van der Waals surface area contributed by atoms with Crippen molar-refractivity contribution in [2.24, 2.45) is 0 Å². The van der Waals surface area contributed by atoms with Crippen molar-refractivity contribution in [3.8, 4) is 23.0 Å². The minimum Gasteiger partial charge on any atom is -0.490 e. The predicted octanol–water partition coefficient (Wildman–Crippen LogP) is 4.33. The molecule has 0 aliphatic carbocycles. The van der Waals surface area contributed by atoms with E-state index in [0.29, 0.717) is 30.3 Å². The first-order valence-corrected chi connectivity index (χ1v) is 9.59. The molecule has 1 heterocycles. The SMILES string of the molecule is CCOc1ccc(-c2nnc(NC(=O)Cc3cc(C)ccc3C)o2)cc1OCC.